The van der Waals surface area contributed by atoms with E-state index in [2.05, 4.69) is 41.5 Å². The Morgan fingerprint density at radius 2 is 1.47 bits per heavy atom. The molecule has 0 heterocycles. The quantitative estimate of drug-likeness (QED) is 0.465. The summed E-state index contributed by atoms with van der Waals surface area (Å²) in [6, 6.07) is 0. The van der Waals surface area contributed by atoms with Crippen LogP contribution in [0.4, 0.5) is 0 Å². The number of hydrogen-bond donors (Lipinski definition) is 0. The maximum absolute atomic E-state index is 2.46. The van der Waals surface area contributed by atoms with Crippen molar-refractivity contribution in [1.29, 1.82) is 0 Å². The van der Waals surface area contributed by atoms with Gasteiger partial charge in [0.15, 0.2) is 0 Å². The largest absolute Gasteiger partial charge is 0.0654 e. The first-order valence-corrected chi connectivity index (χ1v) is 6.99. The van der Waals surface area contributed by atoms with E-state index in [9.17, 15) is 0 Å². The molecule has 0 aromatic heterocycles. The van der Waals surface area contributed by atoms with Crippen molar-refractivity contribution >= 4 is 0 Å². The van der Waals surface area contributed by atoms with Crippen LogP contribution in [0.15, 0.2) is 0 Å². The highest BCUT2D eigenvalue weighted by molar-refractivity contribution is 4.71. The van der Waals surface area contributed by atoms with Crippen molar-refractivity contribution in [2.24, 2.45) is 23.7 Å². The van der Waals surface area contributed by atoms with Crippen LogP contribution in [-0.4, -0.2) is 0 Å². The van der Waals surface area contributed by atoms with Crippen LogP contribution in [-0.2, 0) is 0 Å². The summed E-state index contributed by atoms with van der Waals surface area (Å²) in [6.45, 7) is 14.2. The highest BCUT2D eigenvalue weighted by Crippen LogP contribution is 2.30. The van der Waals surface area contributed by atoms with E-state index in [4.69, 9.17) is 0 Å². The summed E-state index contributed by atoms with van der Waals surface area (Å²) >= 11 is 0. The number of unbranched alkanes of at least 4 members (excludes halogenated alkanes) is 2. The molecule has 0 aliphatic heterocycles. The minimum atomic E-state index is 0.851. The third-order valence-corrected chi connectivity index (χ3v) is 3.59. The van der Waals surface area contributed by atoms with E-state index in [-0.39, 0.29) is 0 Å². The van der Waals surface area contributed by atoms with E-state index < -0.39 is 0 Å². The second kappa shape index (κ2) is 8.19. The smallest absolute Gasteiger partial charge is 0.0363 e. The van der Waals surface area contributed by atoms with E-state index in [0.29, 0.717) is 0 Å². The Balaban J connectivity index is 3.99. The van der Waals surface area contributed by atoms with Gasteiger partial charge in [-0.1, -0.05) is 67.2 Å². The Morgan fingerprint density at radius 1 is 0.867 bits per heavy atom. The number of rotatable bonds is 8. The first-order valence-electron chi connectivity index (χ1n) is 6.99. The molecule has 0 amide bonds. The molecule has 0 bridgehead atoms. The predicted molar refractivity (Wildman–Crippen MR) is 71.1 cm³/mol. The van der Waals surface area contributed by atoms with Crippen LogP contribution in [0.3, 0.4) is 0 Å². The molecule has 2 atom stereocenters. The molecule has 0 saturated heterocycles. The van der Waals surface area contributed by atoms with E-state index in [0.717, 1.165) is 23.7 Å². The normalized spacial score (nSPS) is 16.0. The van der Waals surface area contributed by atoms with Crippen LogP contribution in [0.5, 0.6) is 0 Å². The Kier molecular flexibility index (Phi) is 8.19. The molecule has 0 aromatic carbocycles. The maximum atomic E-state index is 2.46. The summed E-state index contributed by atoms with van der Waals surface area (Å²) in [4.78, 5) is 0. The van der Waals surface area contributed by atoms with Gasteiger partial charge in [-0.05, 0) is 30.1 Å². The lowest BCUT2D eigenvalue weighted by molar-refractivity contribution is 0.213. The van der Waals surface area contributed by atoms with Gasteiger partial charge in [-0.25, -0.2) is 0 Å². The zero-order chi connectivity index (χ0) is 11.8. The fourth-order valence-electron chi connectivity index (χ4n) is 2.64. The van der Waals surface area contributed by atoms with Crippen molar-refractivity contribution in [3.8, 4) is 0 Å². The molecule has 0 saturated carbocycles. The second-order valence-electron chi connectivity index (χ2n) is 6.01. The van der Waals surface area contributed by atoms with Crippen molar-refractivity contribution in [3.63, 3.8) is 0 Å². The summed E-state index contributed by atoms with van der Waals surface area (Å²) in [5.41, 5.74) is 0. The third-order valence-electron chi connectivity index (χ3n) is 3.59. The molecule has 92 valence electrons. The van der Waals surface area contributed by atoms with Gasteiger partial charge < -0.3 is 0 Å². The maximum Gasteiger partial charge on any atom is -0.0363 e. The van der Waals surface area contributed by atoms with Crippen molar-refractivity contribution in [2.45, 2.75) is 73.6 Å². The summed E-state index contributed by atoms with van der Waals surface area (Å²) in [7, 11) is 0. The van der Waals surface area contributed by atoms with Gasteiger partial charge in [0.05, 0.1) is 0 Å². The van der Waals surface area contributed by atoms with Crippen molar-refractivity contribution in [1.82, 2.24) is 0 Å². The van der Waals surface area contributed by atoms with Crippen LogP contribution >= 0.6 is 0 Å². The van der Waals surface area contributed by atoms with Crippen LogP contribution in [0.25, 0.3) is 0 Å². The molecule has 0 heteroatoms. The van der Waals surface area contributed by atoms with Crippen LogP contribution < -0.4 is 0 Å². The Bertz CT molecular complexity index is 135. The predicted octanol–water partition coefficient (Wildman–Crippen LogP) is 5.52. The molecule has 0 nitrogen and oxygen atoms in total. The highest BCUT2D eigenvalue weighted by atomic mass is 14.3. The van der Waals surface area contributed by atoms with Gasteiger partial charge in [0.2, 0.25) is 0 Å². The van der Waals surface area contributed by atoms with Crippen molar-refractivity contribution < 1.29 is 0 Å². The Morgan fingerprint density at radius 3 is 1.87 bits per heavy atom. The minimum Gasteiger partial charge on any atom is -0.0654 e. The topological polar surface area (TPSA) is 0 Å². The van der Waals surface area contributed by atoms with Crippen LogP contribution in [0, 0.1) is 23.7 Å². The molecule has 0 rings (SSSR count). The van der Waals surface area contributed by atoms with E-state index in [1.165, 1.54) is 32.1 Å². The molecule has 0 N–H and O–H groups in total. The van der Waals surface area contributed by atoms with Crippen LogP contribution in [0.1, 0.15) is 73.6 Å². The average Bonchev–Trinajstić information content (AvgIpc) is 2.13. The molecule has 0 fully saturated rings. The summed E-state index contributed by atoms with van der Waals surface area (Å²) in [5.74, 6) is 3.55. The molecular formula is C15H32. The average molecular weight is 212 g/mol. The van der Waals surface area contributed by atoms with Gasteiger partial charge in [-0.3, -0.25) is 0 Å². The third kappa shape index (κ3) is 6.98. The summed E-state index contributed by atoms with van der Waals surface area (Å²) in [5, 5.41) is 0. The van der Waals surface area contributed by atoms with E-state index in [1.807, 2.05) is 0 Å². The minimum absolute atomic E-state index is 0.851. The lowest BCUT2D eigenvalue weighted by Gasteiger charge is -2.29. The second-order valence-corrected chi connectivity index (χ2v) is 6.01. The van der Waals surface area contributed by atoms with Gasteiger partial charge in [0.1, 0.15) is 0 Å². The lowest BCUT2D eigenvalue weighted by atomic mass is 9.77. The zero-order valence-corrected chi connectivity index (χ0v) is 11.8. The fourth-order valence-corrected chi connectivity index (χ4v) is 2.64. The van der Waals surface area contributed by atoms with Gasteiger partial charge in [0, 0.05) is 0 Å². The van der Waals surface area contributed by atoms with Crippen LogP contribution in [0.2, 0.25) is 0 Å². The molecule has 0 aliphatic carbocycles. The van der Waals surface area contributed by atoms with Gasteiger partial charge >= 0.3 is 0 Å². The number of hydrogen-bond acceptors (Lipinski definition) is 0. The first-order chi connectivity index (χ1) is 6.99. The monoisotopic (exact) mass is 212 g/mol. The first kappa shape index (κ1) is 15.0. The molecule has 2 unspecified atom stereocenters. The molecule has 0 aliphatic rings. The standard InChI is InChI=1S/C15H32/c1-7-8-9-10-14(6)15(13(4)5)11-12(2)3/h12-15H,7-11H2,1-6H3. The molecule has 0 spiro atoms. The van der Waals surface area contributed by atoms with Crippen molar-refractivity contribution in [2.75, 3.05) is 0 Å². The molecule has 0 radical (unpaired) electrons. The van der Waals surface area contributed by atoms with E-state index in [1.54, 1.807) is 0 Å². The summed E-state index contributed by atoms with van der Waals surface area (Å²) < 4.78 is 0. The lowest BCUT2D eigenvalue weighted by Crippen LogP contribution is -2.20. The van der Waals surface area contributed by atoms with Gasteiger partial charge in [-0.15, -0.1) is 0 Å². The van der Waals surface area contributed by atoms with Crippen molar-refractivity contribution in [3.05, 3.63) is 0 Å². The SMILES string of the molecule is CCCCCC(C)C(CC(C)C)C(C)C. The Labute approximate surface area is 97.8 Å². The summed E-state index contributed by atoms with van der Waals surface area (Å²) in [6.07, 6.45) is 7.04. The Hall–Kier alpha value is 0. The molecule has 15 heavy (non-hydrogen) atoms. The van der Waals surface area contributed by atoms with Gasteiger partial charge in [-0.2, -0.15) is 0 Å². The molecular weight excluding hydrogens is 180 g/mol. The van der Waals surface area contributed by atoms with Gasteiger partial charge in [0.25, 0.3) is 0 Å². The zero-order valence-electron chi connectivity index (χ0n) is 11.8. The highest BCUT2D eigenvalue weighted by Gasteiger charge is 2.21. The van der Waals surface area contributed by atoms with E-state index >= 15 is 0 Å². The molecule has 0 aromatic rings. The fraction of sp³-hybridized carbons (Fsp3) is 1.00.